The first-order chi connectivity index (χ1) is 8.80. The fraction of sp³-hybridized carbons (Fsp3) is 0.571. The van der Waals surface area contributed by atoms with Crippen molar-refractivity contribution in [2.45, 2.75) is 44.8 Å². The second kappa shape index (κ2) is 6.91. The maximum atomic E-state index is 11.5. The fourth-order valence-electron chi connectivity index (χ4n) is 2.08. The molecule has 1 atom stereocenters. The molecule has 0 spiro atoms. The molecule has 0 amide bonds. The fourth-order valence-corrected chi connectivity index (χ4v) is 3.05. The lowest BCUT2D eigenvalue weighted by Crippen LogP contribution is -2.12. The first kappa shape index (κ1) is 16.0. The molecule has 3 N–H and O–H groups in total. The minimum Gasteiger partial charge on any atom is -0.399 e. The molecule has 5 heteroatoms. The molecule has 1 unspecified atom stereocenters. The van der Waals surface area contributed by atoms with Gasteiger partial charge in [-0.05, 0) is 30.0 Å². The molecule has 0 radical (unpaired) electrons. The Morgan fingerprint density at radius 3 is 2.11 bits per heavy atom. The van der Waals surface area contributed by atoms with Gasteiger partial charge in [0.25, 0.3) is 10.1 Å². The van der Waals surface area contributed by atoms with Crippen molar-refractivity contribution in [3.05, 3.63) is 29.8 Å². The monoisotopic (exact) mass is 285 g/mol. The number of rotatable bonds is 7. The Labute approximate surface area is 115 Å². The van der Waals surface area contributed by atoms with Crippen molar-refractivity contribution in [3.8, 4) is 0 Å². The molecule has 0 heterocycles. The summed E-state index contributed by atoms with van der Waals surface area (Å²) in [4.78, 5) is 0. The van der Waals surface area contributed by atoms with Crippen molar-refractivity contribution in [3.63, 3.8) is 0 Å². The summed E-state index contributed by atoms with van der Waals surface area (Å²) in [6, 6.07) is 6.63. The van der Waals surface area contributed by atoms with Crippen molar-refractivity contribution in [1.29, 1.82) is 0 Å². The van der Waals surface area contributed by atoms with Gasteiger partial charge in [-0.1, -0.05) is 45.2 Å². The lowest BCUT2D eigenvalue weighted by atomic mass is 10.0. The number of benzene rings is 1. The van der Waals surface area contributed by atoms with Gasteiger partial charge in [0, 0.05) is 5.69 Å². The minimum atomic E-state index is -4.07. The van der Waals surface area contributed by atoms with E-state index in [9.17, 15) is 13.0 Å². The molecule has 1 aromatic rings. The van der Waals surface area contributed by atoms with Crippen molar-refractivity contribution in [1.82, 2.24) is 0 Å². The minimum absolute atomic E-state index is 0.440. The van der Waals surface area contributed by atoms with Gasteiger partial charge < -0.3 is 5.73 Å². The highest BCUT2D eigenvalue weighted by molar-refractivity contribution is 7.86. The molecule has 0 fully saturated rings. The van der Waals surface area contributed by atoms with E-state index >= 15 is 0 Å². The van der Waals surface area contributed by atoms with Crippen LogP contribution in [-0.4, -0.2) is 13.0 Å². The summed E-state index contributed by atoms with van der Waals surface area (Å²) in [7, 11) is -4.07. The molecule has 0 aliphatic heterocycles. The Morgan fingerprint density at radius 1 is 1.11 bits per heavy atom. The van der Waals surface area contributed by atoms with Crippen molar-refractivity contribution in [2.75, 3.05) is 5.73 Å². The molecule has 19 heavy (non-hydrogen) atoms. The maximum absolute atomic E-state index is 11.5. The quantitative estimate of drug-likeness (QED) is 0.457. The van der Waals surface area contributed by atoms with Gasteiger partial charge in [-0.3, -0.25) is 4.55 Å². The first-order valence-electron chi connectivity index (χ1n) is 6.62. The van der Waals surface area contributed by atoms with Gasteiger partial charge >= 0.3 is 0 Å². The van der Waals surface area contributed by atoms with Crippen molar-refractivity contribution < 1.29 is 13.0 Å². The zero-order chi connectivity index (χ0) is 14.5. The van der Waals surface area contributed by atoms with E-state index in [1.807, 2.05) is 0 Å². The standard InChI is InChI=1S/C14H23NO3S/c1-11(2)5-3-4-6-14(19(16,17)18)12-7-9-13(15)10-8-12/h7-11,14H,3-6,15H2,1-2H3,(H,16,17,18). The van der Waals surface area contributed by atoms with Gasteiger partial charge in [-0.15, -0.1) is 0 Å². The summed E-state index contributed by atoms with van der Waals surface area (Å²) < 4.78 is 32.3. The summed E-state index contributed by atoms with van der Waals surface area (Å²) in [5.74, 6) is 0.612. The zero-order valence-electron chi connectivity index (χ0n) is 11.5. The Bertz CT molecular complexity index is 480. The van der Waals surface area contributed by atoms with Gasteiger partial charge in [0.1, 0.15) is 5.25 Å². The second-order valence-corrected chi connectivity index (χ2v) is 6.95. The summed E-state index contributed by atoms with van der Waals surface area (Å²) in [5, 5.41) is -0.847. The average Bonchev–Trinajstić information content (AvgIpc) is 2.29. The summed E-state index contributed by atoms with van der Waals surface area (Å²) >= 11 is 0. The van der Waals surface area contributed by atoms with Crippen LogP contribution < -0.4 is 5.73 Å². The molecule has 0 aliphatic carbocycles. The van der Waals surface area contributed by atoms with Crippen LogP contribution >= 0.6 is 0 Å². The molecule has 0 bridgehead atoms. The van der Waals surface area contributed by atoms with Crippen LogP contribution in [0.15, 0.2) is 24.3 Å². The van der Waals surface area contributed by atoms with Gasteiger partial charge in [0.2, 0.25) is 0 Å². The number of nitrogen functional groups attached to an aromatic ring is 1. The maximum Gasteiger partial charge on any atom is 0.271 e. The molecule has 0 aliphatic rings. The Kier molecular flexibility index (Phi) is 5.82. The number of hydrogen-bond donors (Lipinski definition) is 2. The molecule has 0 saturated carbocycles. The van der Waals surface area contributed by atoms with E-state index in [0.29, 0.717) is 23.6 Å². The third-order valence-corrected chi connectivity index (χ3v) is 4.39. The van der Waals surface area contributed by atoms with Gasteiger partial charge in [0.05, 0.1) is 0 Å². The highest BCUT2D eigenvalue weighted by Gasteiger charge is 2.24. The summed E-state index contributed by atoms with van der Waals surface area (Å²) in [6.07, 6.45) is 3.26. The van der Waals surface area contributed by atoms with E-state index in [-0.39, 0.29) is 0 Å². The van der Waals surface area contributed by atoms with E-state index in [4.69, 9.17) is 5.73 Å². The van der Waals surface area contributed by atoms with E-state index in [2.05, 4.69) is 13.8 Å². The highest BCUT2D eigenvalue weighted by Crippen LogP contribution is 2.28. The molecule has 4 nitrogen and oxygen atoms in total. The van der Waals surface area contributed by atoms with Crippen LogP contribution in [0.2, 0.25) is 0 Å². The van der Waals surface area contributed by atoms with E-state index < -0.39 is 15.4 Å². The number of hydrogen-bond acceptors (Lipinski definition) is 3. The van der Waals surface area contributed by atoms with E-state index in [1.54, 1.807) is 24.3 Å². The Hall–Kier alpha value is -1.07. The van der Waals surface area contributed by atoms with Crippen LogP contribution in [-0.2, 0) is 10.1 Å². The molecule has 1 rings (SSSR count). The number of anilines is 1. The van der Waals surface area contributed by atoms with E-state index in [0.717, 1.165) is 19.3 Å². The lowest BCUT2D eigenvalue weighted by molar-refractivity contribution is 0.455. The van der Waals surface area contributed by atoms with Crippen LogP contribution in [0.4, 0.5) is 5.69 Å². The number of nitrogens with two attached hydrogens (primary N) is 1. The van der Waals surface area contributed by atoms with E-state index in [1.165, 1.54) is 0 Å². The van der Waals surface area contributed by atoms with Crippen LogP contribution in [0.5, 0.6) is 0 Å². The van der Waals surface area contributed by atoms with Crippen LogP contribution in [0, 0.1) is 5.92 Å². The Morgan fingerprint density at radius 2 is 1.63 bits per heavy atom. The molecule has 1 aromatic carbocycles. The molecule has 0 saturated heterocycles. The van der Waals surface area contributed by atoms with Crippen LogP contribution in [0.3, 0.4) is 0 Å². The topological polar surface area (TPSA) is 80.4 Å². The molecular formula is C14H23NO3S. The molecule has 0 aromatic heterocycles. The largest absolute Gasteiger partial charge is 0.399 e. The number of unbranched alkanes of at least 4 members (excludes halogenated alkanes) is 1. The second-order valence-electron chi connectivity index (χ2n) is 5.35. The average molecular weight is 285 g/mol. The van der Waals surface area contributed by atoms with Gasteiger partial charge in [-0.25, -0.2) is 0 Å². The zero-order valence-corrected chi connectivity index (χ0v) is 12.4. The summed E-state index contributed by atoms with van der Waals surface area (Å²) in [5.41, 5.74) is 6.76. The SMILES string of the molecule is CC(C)CCCCC(c1ccc(N)cc1)S(=O)(=O)O. The third-order valence-electron chi connectivity index (χ3n) is 3.17. The van der Waals surface area contributed by atoms with Gasteiger partial charge in [-0.2, -0.15) is 8.42 Å². The van der Waals surface area contributed by atoms with Crippen LogP contribution in [0.25, 0.3) is 0 Å². The predicted octanol–water partition coefficient (Wildman–Crippen LogP) is 3.41. The lowest BCUT2D eigenvalue weighted by Gasteiger charge is -2.15. The molecular weight excluding hydrogens is 262 g/mol. The third kappa shape index (κ3) is 5.61. The van der Waals surface area contributed by atoms with Crippen molar-refractivity contribution in [2.24, 2.45) is 5.92 Å². The van der Waals surface area contributed by atoms with Crippen LogP contribution in [0.1, 0.15) is 50.3 Å². The highest BCUT2D eigenvalue weighted by atomic mass is 32.2. The Balaban J connectivity index is 2.71. The normalized spacial score (nSPS) is 13.7. The first-order valence-corrected chi connectivity index (χ1v) is 8.12. The smallest absolute Gasteiger partial charge is 0.271 e. The molecule has 108 valence electrons. The van der Waals surface area contributed by atoms with Crippen molar-refractivity contribution >= 4 is 15.8 Å². The van der Waals surface area contributed by atoms with Gasteiger partial charge in [0.15, 0.2) is 0 Å². The predicted molar refractivity (Wildman–Crippen MR) is 78.5 cm³/mol. The summed E-state index contributed by atoms with van der Waals surface area (Å²) in [6.45, 7) is 4.28.